The van der Waals surface area contributed by atoms with Crippen LogP contribution in [0.3, 0.4) is 0 Å². The van der Waals surface area contributed by atoms with E-state index in [2.05, 4.69) is 27.8 Å². The second kappa shape index (κ2) is 9.02. The summed E-state index contributed by atoms with van der Waals surface area (Å²) in [6, 6.07) is 10.2. The number of hydrogen-bond donors (Lipinski definition) is 0. The van der Waals surface area contributed by atoms with E-state index < -0.39 is 0 Å². The average molecular weight is 452 g/mol. The molecule has 6 heteroatoms. The van der Waals surface area contributed by atoms with Crippen molar-refractivity contribution in [3.05, 3.63) is 57.8 Å². The van der Waals surface area contributed by atoms with Crippen LogP contribution in [0.1, 0.15) is 30.9 Å². The third kappa shape index (κ3) is 4.99. The molecule has 1 heterocycles. The van der Waals surface area contributed by atoms with Crippen LogP contribution in [0.4, 0.5) is 4.39 Å². The molecule has 0 N–H and O–H groups in total. The van der Waals surface area contributed by atoms with Crippen LogP contribution in [0.15, 0.2) is 40.9 Å². The molecule has 2 aromatic carbocycles. The number of likely N-dealkylation sites (tertiary alicyclic amines) is 1. The van der Waals surface area contributed by atoms with Crippen molar-refractivity contribution in [3.8, 4) is 11.5 Å². The highest BCUT2D eigenvalue weighted by atomic mass is 79.9. The molecule has 1 saturated heterocycles. The fraction of sp³-hybridized carbons (Fsp3) is 0.381. The van der Waals surface area contributed by atoms with Crippen LogP contribution >= 0.6 is 28.1 Å². The van der Waals surface area contributed by atoms with Gasteiger partial charge in [-0.05, 0) is 64.5 Å². The number of benzene rings is 2. The predicted molar refractivity (Wildman–Crippen MR) is 113 cm³/mol. The molecule has 2 aromatic rings. The first kappa shape index (κ1) is 20.1. The molecule has 3 rings (SSSR count). The number of thiocarbonyl (C=S) groups is 1. The van der Waals surface area contributed by atoms with E-state index in [9.17, 15) is 4.39 Å². The monoisotopic (exact) mass is 451 g/mol. The molecule has 1 aliphatic heterocycles. The van der Waals surface area contributed by atoms with Crippen LogP contribution in [-0.2, 0) is 6.61 Å². The van der Waals surface area contributed by atoms with Crippen molar-refractivity contribution in [1.29, 1.82) is 0 Å². The maximum atomic E-state index is 13.4. The molecular formula is C21H23BrFNO2S. The van der Waals surface area contributed by atoms with Gasteiger partial charge in [0.1, 0.15) is 17.4 Å². The summed E-state index contributed by atoms with van der Waals surface area (Å²) in [6.07, 6.45) is 2.32. The topological polar surface area (TPSA) is 21.7 Å². The number of piperidine rings is 1. The highest BCUT2D eigenvalue weighted by Crippen LogP contribution is 2.38. The van der Waals surface area contributed by atoms with Crippen LogP contribution in [0.5, 0.6) is 11.5 Å². The van der Waals surface area contributed by atoms with Gasteiger partial charge in [-0.2, -0.15) is 0 Å². The van der Waals surface area contributed by atoms with E-state index in [1.807, 2.05) is 18.2 Å². The SMILES string of the molecule is COc1cc(C(=S)N2CCC(C)CC2)cc(Br)c1OCc1cccc(F)c1. The lowest BCUT2D eigenvalue weighted by Gasteiger charge is -2.32. The third-order valence-electron chi connectivity index (χ3n) is 4.82. The Morgan fingerprint density at radius 1 is 1.26 bits per heavy atom. The number of ether oxygens (including phenoxy) is 2. The first-order valence-corrected chi connectivity index (χ1v) is 10.2. The molecule has 0 atom stereocenters. The van der Waals surface area contributed by atoms with Crippen LogP contribution in [0.25, 0.3) is 0 Å². The standard InChI is InChI=1S/C21H23BrFNO2S/c1-14-6-8-24(9-7-14)21(27)16-11-18(22)20(19(12-16)25-2)26-13-15-4-3-5-17(23)10-15/h3-5,10-12,14H,6-9,13H2,1-2H3. The normalized spacial score (nSPS) is 14.9. The van der Waals surface area contributed by atoms with Gasteiger partial charge in [0.15, 0.2) is 11.5 Å². The summed E-state index contributed by atoms with van der Waals surface area (Å²) in [7, 11) is 1.60. The molecule has 1 fully saturated rings. The van der Waals surface area contributed by atoms with E-state index in [0.29, 0.717) is 11.5 Å². The largest absolute Gasteiger partial charge is 0.493 e. The van der Waals surface area contributed by atoms with Gasteiger partial charge in [-0.15, -0.1) is 0 Å². The lowest BCUT2D eigenvalue weighted by atomic mass is 9.99. The summed E-state index contributed by atoms with van der Waals surface area (Å²) in [4.78, 5) is 3.08. The molecular weight excluding hydrogens is 429 g/mol. The highest BCUT2D eigenvalue weighted by Gasteiger charge is 2.21. The van der Waals surface area contributed by atoms with E-state index in [1.54, 1.807) is 13.2 Å². The molecule has 27 heavy (non-hydrogen) atoms. The Labute approximate surface area is 173 Å². The zero-order valence-electron chi connectivity index (χ0n) is 15.5. The molecule has 144 valence electrons. The Morgan fingerprint density at radius 3 is 2.67 bits per heavy atom. The molecule has 0 radical (unpaired) electrons. The quantitative estimate of drug-likeness (QED) is 0.552. The zero-order chi connectivity index (χ0) is 19.4. The highest BCUT2D eigenvalue weighted by molar-refractivity contribution is 9.10. The Balaban J connectivity index is 1.77. The van der Waals surface area contributed by atoms with Gasteiger partial charge in [0.2, 0.25) is 0 Å². The van der Waals surface area contributed by atoms with Crippen molar-refractivity contribution in [1.82, 2.24) is 4.90 Å². The number of hydrogen-bond acceptors (Lipinski definition) is 3. The molecule has 0 aliphatic carbocycles. The maximum absolute atomic E-state index is 13.4. The fourth-order valence-electron chi connectivity index (χ4n) is 3.16. The van der Waals surface area contributed by atoms with Crippen LogP contribution in [0, 0.1) is 11.7 Å². The third-order valence-corrected chi connectivity index (χ3v) is 5.90. The van der Waals surface area contributed by atoms with Gasteiger partial charge in [-0.1, -0.05) is 31.3 Å². The van der Waals surface area contributed by atoms with Gasteiger partial charge in [0.05, 0.1) is 11.6 Å². The second-order valence-electron chi connectivity index (χ2n) is 6.88. The lowest BCUT2D eigenvalue weighted by Crippen LogP contribution is -2.37. The van der Waals surface area contributed by atoms with Gasteiger partial charge in [0.25, 0.3) is 0 Å². The minimum absolute atomic E-state index is 0.251. The lowest BCUT2D eigenvalue weighted by molar-refractivity contribution is 0.280. The van der Waals surface area contributed by atoms with Crippen LogP contribution in [-0.4, -0.2) is 30.1 Å². The summed E-state index contributed by atoms with van der Waals surface area (Å²) in [6.45, 7) is 4.50. The molecule has 0 unspecified atom stereocenters. The van der Waals surface area contributed by atoms with Crippen molar-refractivity contribution < 1.29 is 13.9 Å². The van der Waals surface area contributed by atoms with Crippen LogP contribution in [0.2, 0.25) is 0 Å². The molecule has 0 saturated carbocycles. The van der Waals surface area contributed by atoms with Gasteiger partial charge in [-0.3, -0.25) is 0 Å². The summed E-state index contributed by atoms with van der Waals surface area (Å²) < 4.78 is 25.5. The summed E-state index contributed by atoms with van der Waals surface area (Å²) >= 11 is 9.28. The number of halogens is 2. The fourth-order valence-corrected chi connectivity index (χ4v) is 4.02. The minimum Gasteiger partial charge on any atom is -0.493 e. The Kier molecular flexibility index (Phi) is 6.71. The number of nitrogens with zero attached hydrogens (tertiary/aromatic N) is 1. The summed E-state index contributed by atoms with van der Waals surface area (Å²) in [5.41, 5.74) is 1.69. The summed E-state index contributed by atoms with van der Waals surface area (Å²) in [5, 5.41) is 0. The van der Waals surface area contributed by atoms with Crippen molar-refractivity contribution in [2.45, 2.75) is 26.4 Å². The maximum Gasteiger partial charge on any atom is 0.175 e. The number of methoxy groups -OCH3 is 1. The van der Waals surface area contributed by atoms with Crippen molar-refractivity contribution in [2.24, 2.45) is 5.92 Å². The molecule has 1 aliphatic rings. The molecule has 0 aromatic heterocycles. The Bertz CT molecular complexity index is 822. The molecule has 0 spiro atoms. The van der Waals surface area contributed by atoms with Gasteiger partial charge in [-0.25, -0.2) is 4.39 Å². The van der Waals surface area contributed by atoms with Crippen LogP contribution < -0.4 is 9.47 Å². The minimum atomic E-state index is -0.279. The average Bonchev–Trinajstić information content (AvgIpc) is 2.66. The predicted octanol–water partition coefficient (Wildman–Crippen LogP) is 5.58. The first-order valence-electron chi connectivity index (χ1n) is 9.02. The van der Waals surface area contributed by atoms with Gasteiger partial charge >= 0.3 is 0 Å². The van der Waals surface area contributed by atoms with E-state index in [4.69, 9.17) is 21.7 Å². The second-order valence-corrected chi connectivity index (χ2v) is 8.12. The molecule has 0 bridgehead atoms. The van der Waals surface area contributed by atoms with Crippen molar-refractivity contribution in [3.63, 3.8) is 0 Å². The molecule has 0 amide bonds. The Hall–Kier alpha value is -1.66. The van der Waals surface area contributed by atoms with E-state index >= 15 is 0 Å². The first-order chi connectivity index (χ1) is 13.0. The van der Waals surface area contributed by atoms with E-state index in [1.165, 1.54) is 12.1 Å². The van der Waals surface area contributed by atoms with E-state index in [-0.39, 0.29) is 12.4 Å². The number of rotatable bonds is 5. The van der Waals surface area contributed by atoms with Gasteiger partial charge in [0, 0.05) is 18.7 Å². The molecule has 3 nitrogen and oxygen atoms in total. The Morgan fingerprint density at radius 2 is 2.00 bits per heavy atom. The summed E-state index contributed by atoms with van der Waals surface area (Å²) in [5.74, 6) is 1.66. The smallest absolute Gasteiger partial charge is 0.175 e. The van der Waals surface area contributed by atoms with Crippen molar-refractivity contribution in [2.75, 3.05) is 20.2 Å². The van der Waals surface area contributed by atoms with E-state index in [0.717, 1.165) is 52.4 Å². The van der Waals surface area contributed by atoms with Crippen molar-refractivity contribution >= 4 is 33.1 Å². The zero-order valence-corrected chi connectivity index (χ0v) is 17.9. The van der Waals surface area contributed by atoms with Gasteiger partial charge < -0.3 is 14.4 Å².